The predicted octanol–water partition coefficient (Wildman–Crippen LogP) is 2.52. The molecule has 0 aliphatic carbocycles. The van der Waals surface area contributed by atoms with Crippen molar-refractivity contribution in [3.8, 4) is 11.5 Å². The van der Waals surface area contributed by atoms with E-state index in [2.05, 4.69) is 20.2 Å². The summed E-state index contributed by atoms with van der Waals surface area (Å²) in [5.74, 6) is 0.899. The van der Waals surface area contributed by atoms with Gasteiger partial charge in [-0.05, 0) is 35.9 Å². The Morgan fingerprint density at radius 2 is 2.08 bits per heavy atom. The van der Waals surface area contributed by atoms with Gasteiger partial charge in [0, 0.05) is 18.3 Å². The molecular formula is C17H16N4O4S. The van der Waals surface area contributed by atoms with Gasteiger partial charge in [0.05, 0.1) is 17.9 Å². The van der Waals surface area contributed by atoms with Crippen molar-refractivity contribution in [2.75, 3.05) is 16.3 Å². The lowest BCUT2D eigenvalue weighted by Gasteiger charge is -2.25. The largest absolute Gasteiger partial charge is 0.459 e. The number of anilines is 2. The third kappa shape index (κ3) is 3.21. The number of H-pyrrole nitrogens is 1. The van der Waals surface area contributed by atoms with Gasteiger partial charge in [0.2, 0.25) is 15.9 Å². The van der Waals surface area contributed by atoms with Gasteiger partial charge in [-0.15, -0.1) is 0 Å². The molecule has 4 rings (SSSR count). The molecule has 1 aliphatic rings. The zero-order valence-corrected chi connectivity index (χ0v) is 14.6. The Morgan fingerprint density at radius 3 is 2.81 bits per heavy atom. The number of benzene rings is 1. The van der Waals surface area contributed by atoms with E-state index in [1.165, 1.54) is 0 Å². The fraction of sp³-hybridized carbons (Fsp3) is 0.176. The average molecular weight is 372 g/mol. The number of hydrogen-bond donors (Lipinski definition) is 3. The number of furan rings is 1. The number of amides is 1. The van der Waals surface area contributed by atoms with E-state index < -0.39 is 10.0 Å². The molecule has 9 heteroatoms. The maximum atomic E-state index is 12.1. The van der Waals surface area contributed by atoms with Gasteiger partial charge in [0.25, 0.3) is 0 Å². The second-order valence-corrected chi connectivity index (χ2v) is 7.90. The molecule has 3 aromatic rings. The zero-order valence-electron chi connectivity index (χ0n) is 13.8. The van der Waals surface area contributed by atoms with Crippen molar-refractivity contribution in [2.24, 2.45) is 0 Å². The highest BCUT2D eigenvalue weighted by Gasteiger charge is 2.29. The Bertz CT molecular complexity index is 1070. The van der Waals surface area contributed by atoms with Crippen molar-refractivity contribution in [1.82, 2.24) is 10.2 Å². The standard InChI is InChI=1S/C17H16N4O4S/c1-26(23,24)21-10-2-3-11-12(9-17(22)19-14(11)8-10)15-4-5-16(25-15)13-6-7-18-20-13/h2-8,12,21H,9H2,1H3,(H,18,20)(H,19,22)/t12-/m0/s1. The lowest BCUT2D eigenvalue weighted by Crippen LogP contribution is -2.23. The first-order valence-electron chi connectivity index (χ1n) is 7.90. The Balaban J connectivity index is 1.70. The molecule has 0 bridgehead atoms. The second-order valence-electron chi connectivity index (χ2n) is 6.15. The first kappa shape index (κ1) is 16.4. The highest BCUT2D eigenvalue weighted by molar-refractivity contribution is 7.92. The fourth-order valence-electron chi connectivity index (χ4n) is 3.07. The molecule has 3 N–H and O–H groups in total. The number of aromatic nitrogens is 2. The summed E-state index contributed by atoms with van der Waals surface area (Å²) in [6.45, 7) is 0. The molecule has 0 unspecified atom stereocenters. The maximum absolute atomic E-state index is 12.1. The summed E-state index contributed by atoms with van der Waals surface area (Å²) < 4.78 is 31.2. The number of fused-ring (bicyclic) bond motifs is 1. The van der Waals surface area contributed by atoms with Gasteiger partial charge in [0.15, 0.2) is 5.76 Å². The first-order chi connectivity index (χ1) is 12.4. The Hall–Kier alpha value is -3.07. The molecule has 0 spiro atoms. The van der Waals surface area contributed by atoms with Crippen LogP contribution in [0.15, 0.2) is 47.0 Å². The van der Waals surface area contributed by atoms with Gasteiger partial charge in [0.1, 0.15) is 11.5 Å². The molecule has 1 aromatic carbocycles. The molecule has 0 fully saturated rings. The molecule has 1 atom stereocenters. The van der Waals surface area contributed by atoms with Gasteiger partial charge in [-0.25, -0.2) is 8.42 Å². The summed E-state index contributed by atoms with van der Waals surface area (Å²) in [6.07, 6.45) is 2.96. The molecule has 0 saturated heterocycles. The molecule has 26 heavy (non-hydrogen) atoms. The van der Waals surface area contributed by atoms with Crippen LogP contribution in [0.25, 0.3) is 11.5 Å². The fourth-order valence-corrected chi connectivity index (χ4v) is 3.63. The van der Waals surface area contributed by atoms with Crippen LogP contribution in [0.3, 0.4) is 0 Å². The highest BCUT2D eigenvalue weighted by atomic mass is 32.2. The molecule has 134 valence electrons. The van der Waals surface area contributed by atoms with Crippen LogP contribution in [0.1, 0.15) is 23.7 Å². The number of nitrogens with one attached hydrogen (secondary N) is 3. The number of rotatable bonds is 4. The molecule has 0 radical (unpaired) electrons. The number of hydrogen-bond acceptors (Lipinski definition) is 5. The van der Waals surface area contributed by atoms with Crippen molar-refractivity contribution in [3.63, 3.8) is 0 Å². The summed E-state index contributed by atoms with van der Waals surface area (Å²) in [6, 6.07) is 10.5. The SMILES string of the molecule is CS(=O)(=O)Nc1ccc2c(c1)NC(=O)C[C@@H]2c1ccc(-c2ccn[nH]2)o1. The van der Waals surface area contributed by atoms with Gasteiger partial charge in [-0.3, -0.25) is 14.6 Å². The third-order valence-corrected chi connectivity index (χ3v) is 4.74. The molecule has 1 aliphatic heterocycles. The van der Waals surface area contributed by atoms with Crippen molar-refractivity contribution >= 4 is 27.3 Å². The van der Waals surface area contributed by atoms with E-state index in [1.54, 1.807) is 30.5 Å². The van der Waals surface area contributed by atoms with E-state index in [4.69, 9.17) is 4.42 Å². The number of sulfonamides is 1. The van der Waals surface area contributed by atoms with E-state index >= 15 is 0 Å². The van der Waals surface area contributed by atoms with Crippen LogP contribution in [-0.2, 0) is 14.8 Å². The maximum Gasteiger partial charge on any atom is 0.229 e. The van der Waals surface area contributed by atoms with E-state index in [1.807, 2.05) is 12.1 Å². The minimum absolute atomic E-state index is 0.154. The summed E-state index contributed by atoms with van der Waals surface area (Å²) >= 11 is 0. The van der Waals surface area contributed by atoms with Crippen molar-refractivity contribution in [1.29, 1.82) is 0 Å². The van der Waals surface area contributed by atoms with Crippen molar-refractivity contribution < 1.29 is 17.6 Å². The predicted molar refractivity (Wildman–Crippen MR) is 96.3 cm³/mol. The van der Waals surface area contributed by atoms with Crippen LogP contribution in [0, 0.1) is 0 Å². The average Bonchev–Trinajstić information content (AvgIpc) is 3.23. The van der Waals surface area contributed by atoms with E-state index in [9.17, 15) is 13.2 Å². The molecule has 3 heterocycles. The monoisotopic (exact) mass is 372 g/mol. The zero-order chi connectivity index (χ0) is 18.3. The Morgan fingerprint density at radius 1 is 1.23 bits per heavy atom. The minimum Gasteiger partial charge on any atom is -0.459 e. The third-order valence-electron chi connectivity index (χ3n) is 4.13. The van der Waals surface area contributed by atoms with Gasteiger partial charge in [-0.2, -0.15) is 5.10 Å². The molecule has 0 saturated carbocycles. The van der Waals surface area contributed by atoms with Crippen LogP contribution >= 0.6 is 0 Å². The van der Waals surface area contributed by atoms with Crippen LogP contribution in [0.4, 0.5) is 11.4 Å². The van der Waals surface area contributed by atoms with Crippen LogP contribution in [0.5, 0.6) is 0 Å². The number of carbonyl (C=O) groups excluding carboxylic acids is 1. The first-order valence-corrected chi connectivity index (χ1v) is 9.79. The molecule has 8 nitrogen and oxygen atoms in total. The normalized spacial score (nSPS) is 16.8. The van der Waals surface area contributed by atoms with Crippen LogP contribution in [0.2, 0.25) is 0 Å². The summed E-state index contributed by atoms with van der Waals surface area (Å²) in [5.41, 5.74) is 2.59. The number of nitrogens with zero attached hydrogens (tertiary/aromatic N) is 1. The molecule has 2 aromatic heterocycles. The molecule has 1 amide bonds. The van der Waals surface area contributed by atoms with Crippen LogP contribution < -0.4 is 10.0 Å². The van der Waals surface area contributed by atoms with Gasteiger partial charge >= 0.3 is 0 Å². The quantitative estimate of drug-likeness (QED) is 0.650. The Kier molecular flexibility index (Phi) is 3.80. The highest BCUT2D eigenvalue weighted by Crippen LogP contribution is 2.40. The smallest absolute Gasteiger partial charge is 0.229 e. The van der Waals surface area contributed by atoms with Crippen molar-refractivity contribution in [3.05, 3.63) is 53.9 Å². The lowest BCUT2D eigenvalue weighted by molar-refractivity contribution is -0.116. The number of aromatic amines is 1. The van der Waals surface area contributed by atoms with Gasteiger partial charge < -0.3 is 9.73 Å². The van der Waals surface area contributed by atoms with Crippen LogP contribution in [-0.4, -0.2) is 30.8 Å². The van der Waals surface area contributed by atoms with Crippen molar-refractivity contribution in [2.45, 2.75) is 12.3 Å². The summed E-state index contributed by atoms with van der Waals surface area (Å²) in [4.78, 5) is 12.1. The molecular weight excluding hydrogens is 356 g/mol. The van der Waals surface area contributed by atoms with E-state index in [-0.39, 0.29) is 18.2 Å². The topological polar surface area (TPSA) is 117 Å². The number of carbonyl (C=O) groups is 1. The van der Waals surface area contributed by atoms with E-state index in [0.29, 0.717) is 22.9 Å². The minimum atomic E-state index is -3.40. The lowest BCUT2D eigenvalue weighted by atomic mass is 9.88. The Labute approximate surface area is 149 Å². The summed E-state index contributed by atoms with van der Waals surface area (Å²) in [5, 5.41) is 9.53. The van der Waals surface area contributed by atoms with E-state index in [0.717, 1.165) is 17.5 Å². The second kappa shape index (κ2) is 6.03. The van der Waals surface area contributed by atoms with Gasteiger partial charge in [-0.1, -0.05) is 6.07 Å². The summed E-state index contributed by atoms with van der Waals surface area (Å²) in [7, 11) is -3.40.